The van der Waals surface area contributed by atoms with Crippen LogP contribution in [0.4, 0.5) is 0 Å². The fourth-order valence-corrected chi connectivity index (χ4v) is 4.45. The number of benzene rings is 1. The van der Waals surface area contributed by atoms with Gasteiger partial charge in [0.05, 0.1) is 66.1 Å². The van der Waals surface area contributed by atoms with Crippen LogP contribution in [0.15, 0.2) is 24.3 Å². The van der Waals surface area contributed by atoms with Crippen LogP contribution >= 0.6 is 0 Å². The van der Waals surface area contributed by atoms with E-state index in [4.69, 9.17) is 23.7 Å². The molecule has 0 atom stereocenters. The van der Waals surface area contributed by atoms with Gasteiger partial charge in [0, 0.05) is 31.6 Å². The summed E-state index contributed by atoms with van der Waals surface area (Å²) in [4.78, 5) is 14.9. The Morgan fingerprint density at radius 3 is 1.79 bits per heavy atom. The van der Waals surface area contributed by atoms with Crippen LogP contribution in [0.1, 0.15) is 56.1 Å². The molecule has 0 bridgehead atoms. The highest BCUT2D eigenvalue weighted by atomic mass is 16.6. The van der Waals surface area contributed by atoms with Gasteiger partial charge in [0.2, 0.25) is 5.91 Å². The summed E-state index contributed by atoms with van der Waals surface area (Å²) in [6.45, 7) is 9.40. The van der Waals surface area contributed by atoms with Gasteiger partial charge in [-0.3, -0.25) is 4.79 Å². The van der Waals surface area contributed by atoms with E-state index in [0.717, 1.165) is 32.4 Å². The Kier molecular flexibility index (Phi) is 15.9. The van der Waals surface area contributed by atoms with Gasteiger partial charge in [-0.25, -0.2) is 0 Å². The highest BCUT2D eigenvalue weighted by Gasteiger charge is 2.28. The van der Waals surface area contributed by atoms with Crippen molar-refractivity contribution in [1.82, 2.24) is 10.2 Å². The first-order valence-corrected chi connectivity index (χ1v) is 14.7. The molecular weight excluding hydrogens is 484 g/mol. The Labute approximate surface area is 229 Å². The standard InChI is InChI=1S/C30H50N2O6/c1-26-8-10-27(11-9-26)12-13-30(33)32(29-6-3-7-29)15-17-35-19-21-37-23-25-38-24-22-36-20-18-34-16-14-31-28-4-2-5-28/h8-11,28-29,31H,2-7,12-25H2,1H3. The highest BCUT2D eigenvalue weighted by Crippen LogP contribution is 2.25. The molecule has 2 aliphatic rings. The summed E-state index contributed by atoms with van der Waals surface area (Å²) in [5.41, 5.74) is 2.46. The molecule has 216 valence electrons. The molecule has 1 amide bonds. The van der Waals surface area contributed by atoms with Crippen molar-refractivity contribution in [1.29, 1.82) is 0 Å². The zero-order valence-corrected chi connectivity index (χ0v) is 23.5. The molecule has 0 unspecified atom stereocenters. The maximum absolute atomic E-state index is 12.9. The topological polar surface area (TPSA) is 78.5 Å². The SMILES string of the molecule is Cc1ccc(CCC(=O)N(CCOCCOCCOCCOCCOCCNC2CCC2)C2CCC2)cc1. The third-order valence-corrected chi connectivity index (χ3v) is 7.33. The molecule has 0 aromatic heterocycles. The summed E-state index contributed by atoms with van der Waals surface area (Å²) < 4.78 is 27.9. The van der Waals surface area contributed by atoms with Crippen LogP contribution in [0.2, 0.25) is 0 Å². The maximum Gasteiger partial charge on any atom is 0.223 e. The molecule has 2 aliphatic carbocycles. The van der Waals surface area contributed by atoms with Crippen LogP contribution in [0.25, 0.3) is 0 Å². The monoisotopic (exact) mass is 534 g/mol. The minimum atomic E-state index is 0.236. The van der Waals surface area contributed by atoms with Crippen molar-refractivity contribution in [2.45, 2.75) is 70.4 Å². The lowest BCUT2D eigenvalue weighted by molar-refractivity contribution is -0.136. The zero-order valence-electron chi connectivity index (χ0n) is 23.5. The van der Waals surface area contributed by atoms with E-state index in [1.54, 1.807) is 0 Å². The van der Waals surface area contributed by atoms with E-state index < -0.39 is 0 Å². The summed E-state index contributed by atoms with van der Waals surface area (Å²) >= 11 is 0. The zero-order chi connectivity index (χ0) is 26.7. The van der Waals surface area contributed by atoms with Gasteiger partial charge in [-0.1, -0.05) is 36.2 Å². The average Bonchev–Trinajstić information content (AvgIpc) is 2.86. The Balaban J connectivity index is 1.08. The molecule has 0 radical (unpaired) electrons. The van der Waals surface area contributed by atoms with Crippen molar-refractivity contribution in [2.75, 3.05) is 79.2 Å². The predicted molar refractivity (Wildman–Crippen MR) is 149 cm³/mol. The first-order valence-electron chi connectivity index (χ1n) is 14.7. The minimum Gasteiger partial charge on any atom is -0.378 e. The van der Waals surface area contributed by atoms with E-state index in [-0.39, 0.29) is 5.91 Å². The predicted octanol–water partition coefficient (Wildman–Crippen LogP) is 3.53. The van der Waals surface area contributed by atoms with Crippen LogP contribution in [0.3, 0.4) is 0 Å². The number of ether oxygens (including phenoxy) is 5. The number of hydrogen-bond acceptors (Lipinski definition) is 7. The smallest absolute Gasteiger partial charge is 0.223 e. The van der Waals surface area contributed by atoms with Gasteiger partial charge in [-0.2, -0.15) is 0 Å². The third kappa shape index (κ3) is 13.0. The number of aryl methyl sites for hydroxylation is 2. The van der Waals surface area contributed by atoms with Crippen molar-refractivity contribution < 1.29 is 28.5 Å². The van der Waals surface area contributed by atoms with Crippen LogP contribution in [-0.2, 0) is 34.9 Å². The number of rotatable bonds is 23. The van der Waals surface area contributed by atoms with Gasteiger partial charge in [0.1, 0.15) is 0 Å². The number of nitrogens with zero attached hydrogens (tertiary/aromatic N) is 1. The van der Waals surface area contributed by atoms with Crippen molar-refractivity contribution >= 4 is 5.91 Å². The second-order valence-corrected chi connectivity index (χ2v) is 10.3. The Morgan fingerprint density at radius 1 is 0.763 bits per heavy atom. The molecule has 0 spiro atoms. The van der Waals surface area contributed by atoms with Crippen LogP contribution < -0.4 is 5.32 Å². The molecule has 2 saturated carbocycles. The maximum atomic E-state index is 12.9. The molecule has 8 heteroatoms. The molecule has 2 fully saturated rings. The summed E-state index contributed by atoms with van der Waals surface area (Å²) in [5.74, 6) is 0.236. The molecule has 8 nitrogen and oxygen atoms in total. The highest BCUT2D eigenvalue weighted by molar-refractivity contribution is 5.77. The number of carbonyl (C=O) groups is 1. The molecule has 38 heavy (non-hydrogen) atoms. The van der Waals surface area contributed by atoms with E-state index in [1.165, 1.54) is 36.8 Å². The molecule has 1 aromatic rings. The van der Waals surface area contributed by atoms with Crippen LogP contribution in [0.5, 0.6) is 0 Å². The van der Waals surface area contributed by atoms with E-state index in [2.05, 4.69) is 36.5 Å². The second-order valence-electron chi connectivity index (χ2n) is 10.3. The molecule has 0 aliphatic heterocycles. The first-order chi connectivity index (χ1) is 18.7. The van der Waals surface area contributed by atoms with Gasteiger partial charge >= 0.3 is 0 Å². The molecule has 3 rings (SSSR count). The quantitative estimate of drug-likeness (QED) is 0.215. The van der Waals surface area contributed by atoms with Gasteiger partial charge in [0.25, 0.3) is 0 Å². The largest absolute Gasteiger partial charge is 0.378 e. The van der Waals surface area contributed by atoms with Crippen LogP contribution in [0, 0.1) is 6.92 Å². The normalized spacial score (nSPS) is 15.8. The lowest BCUT2D eigenvalue weighted by Gasteiger charge is -2.37. The van der Waals surface area contributed by atoms with Crippen molar-refractivity contribution in [3.8, 4) is 0 Å². The van der Waals surface area contributed by atoms with Gasteiger partial charge in [-0.15, -0.1) is 0 Å². The summed E-state index contributed by atoms with van der Waals surface area (Å²) in [5, 5.41) is 3.48. The summed E-state index contributed by atoms with van der Waals surface area (Å²) in [7, 11) is 0. The average molecular weight is 535 g/mol. The first kappa shape index (κ1) is 31.0. The third-order valence-electron chi connectivity index (χ3n) is 7.33. The van der Waals surface area contributed by atoms with E-state index in [9.17, 15) is 4.79 Å². The number of carbonyl (C=O) groups excluding carboxylic acids is 1. The molecule has 1 aromatic carbocycles. The van der Waals surface area contributed by atoms with Crippen LogP contribution in [-0.4, -0.2) is 102 Å². The second kappa shape index (κ2) is 19.5. The molecular formula is C30H50N2O6. The van der Waals surface area contributed by atoms with E-state index in [0.29, 0.717) is 84.5 Å². The van der Waals surface area contributed by atoms with Gasteiger partial charge in [0.15, 0.2) is 0 Å². The summed E-state index contributed by atoms with van der Waals surface area (Å²) in [6, 6.07) is 9.54. The number of hydrogen-bond donors (Lipinski definition) is 1. The minimum absolute atomic E-state index is 0.236. The Morgan fingerprint density at radius 2 is 1.29 bits per heavy atom. The lowest BCUT2D eigenvalue weighted by atomic mass is 9.91. The van der Waals surface area contributed by atoms with Crippen molar-refractivity contribution in [2.24, 2.45) is 0 Å². The van der Waals surface area contributed by atoms with Crippen molar-refractivity contribution in [3.63, 3.8) is 0 Å². The number of nitrogens with one attached hydrogen (secondary N) is 1. The Bertz CT molecular complexity index is 739. The molecule has 0 heterocycles. The van der Waals surface area contributed by atoms with Gasteiger partial charge in [-0.05, 0) is 51.0 Å². The fraction of sp³-hybridized carbons (Fsp3) is 0.767. The van der Waals surface area contributed by atoms with E-state index >= 15 is 0 Å². The van der Waals surface area contributed by atoms with E-state index in [1.807, 2.05) is 4.90 Å². The molecule has 1 N–H and O–H groups in total. The van der Waals surface area contributed by atoms with Crippen molar-refractivity contribution in [3.05, 3.63) is 35.4 Å². The lowest BCUT2D eigenvalue weighted by Crippen LogP contribution is -2.46. The summed E-state index contributed by atoms with van der Waals surface area (Å²) in [6.07, 6.45) is 8.74. The fourth-order valence-electron chi connectivity index (χ4n) is 4.45. The molecule has 0 saturated heterocycles. The van der Waals surface area contributed by atoms with Gasteiger partial charge < -0.3 is 33.9 Å². The Hall–Kier alpha value is -1.55. The number of amides is 1.